The maximum Gasteiger partial charge on any atom is 0.332 e. The van der Waals surface area contributed by atoms with E-state index in [2.05, 4.69) is 23.6 Å². The molecule has 152 valence electrons. The molecule has 29 heavy (non-hydrogen) atoms. The molecule has 3 heterocycles. The van der Waals surface area contributed by atoms with Crippen molar-refractivity contribution < 1.29 is 0 Å². The number of fused-ring (bicyclic) bond motifs is 3. The molecule has 0 amide bonds. The largest absolute Gasteiger partial charge is 0.332 e. The first kappa shape index (κ1) is 19.2. The van der Waals surface area contributed by atoms with E-state index in [0.717, 1.165) is 29.8 Å². The zero-order valence-electron chi connectivity index (χ0n) is 17.6. The molecule has 0 aliphatic heterocycles. The molecule has 0 unspecified atom stereocenters. The van der Waals surface area contributed by atoms with E-state index in [1.165, 1.54) is 9.13 Å². The lowest BCUT2D eigenvalue weighted by molar-refractivity contribution is 0.566. The minimum Gasteiger partial charge on any atom is -0.307 e. The molecule has 0 aliphatic carbocycles. The molecule has 0 aliphatic rings. The Hall–Kier alpha value is -3.09. The summed E-state index contributed by atoms with van der Waals surface area (Å²) < 4.78 is 6.89. The highest BCUT2D eigenvalue weighted by molar-refractivity contribution is 5.76. The minimum atomic E-state index is -0.311. The van der Waals surface area contributed by atoms with Gasteiger partial charge in [0.1, 0.15) is 0 Å². The highest BCUT2D eigenvalue weighted by atomic mass is 16.2. The Morgan fingerprint density at radius 2 is 1.76 bits per heavy atom. The van der Waals surface area contributed by atoms with Gasteiger partial charge in [-0.1, -0.05) is 43.7 Å². The van der Waals surface area contributed by atoms with E-state index in [1.807, 2.05) is 43.4 Å². The van der Waals surface area contributed by atoms with E-state index < -0.39 is 0 Å². The number of unbranched alkanes of at least 4 members (excludes halogenated alkanes) is 1. The van der Waals surface area contributed by atoms with Crippen LogP contribution < -0.4 is 11.2 Å². The van der Waals surface area contributed by atoms with Crippen molar-refractivity contribution in [1.29, 1.82) is 0 Å². The van der Waals surface area contributed by atoms with E-state index in [0.29, 0.717) is 23.5 Å². The fourth-order valence-electron chi connectivity index (χ4n) is 4.13. The Bertz CT molecular complexity index is 1320. The number of imidazole rings is 2. The van der Waals surface area contributed by atoms with Crippen molar-refractivity contribution in [2.45, 2.75) is 53.1 Å². The normalized spacial score (nSPS) is 12.9. The molecule has 1 aromatic carbocycles. The molecule has 0 saturated heterocycles. The summed E-state index contributed by atoms with van der Waals surface area (Å²) in [6.07, 6.45) is 1.70. The number of nitrogens with zero attached hydrogens (tertiary/aromatic N) is 5. The van der Waals surface area contributed by atoms with Gasteiger partial charge in [-0.3, -0.25) is 18.3 Å². The molecule has 0 spiro atoms. The molecule has 7 heteroatoms. The molecule has 0 saturated carbocycles. The van der Waals surface area contributed by atoms with E-state index >= 15 is 0 Å². The molecule has 4 rings (SSSR count). The number of hydrogen-bond acceptors (Lipinski definition) is 3. The van der Waals surface area contributed by atoms with Crippen molar-refractivity contribution in [3.05, 3.63) is 68.1 Å². The number of rotatable bonds is 5. The highest BCUT2D eigenvalue weighted by Crippen LogP contribution is 2.27. The zero-order chi connectivity index (χ0) is 20.9. The summed E-state index contributed by atoms with van der Waals surface area (Å²) in [4.78, 5) is 30.8. The molecular weight excluding hydrogens is 366 g/mol. The van der Waals surface area contributed by atoms with Gasteiger partial charge in [-0.2, -0.15) is 4.98 Å². The van der Waals surface area contributed by atoms with Gasteiger partial charge in [0, 0.05) is 25.0 Å². The van der Waals surface area contributed by atoms with Gasteiger partial charge in [-0.05, 0) is 32.8 Å². The van der Waals surface area contributed by atoms with E-state index in [1.54, 1.807) is 7.05 Å². The Kier molecular flexibility index (Phi) is 4.68. The first-order valence-corrected chi connectivity index (χ1v) is 10.1. The lowest BCUT2D eigenvalue weighted by Crippen LogP contribution is -2.39. The monoisotopic (exact) mass is 393 g/mol. The van der Waals surface area contributed by atoms with Crippen LogP contribution >= 0.6 is 0 Å². The molecule has 1 atom stereocenters. The van der Waals surface area contributed by atoms with Crippen LogP contribution in [0.15, 0.2) is 39.9 Å². The summed E-state index contributed by atoms with van der Waals surface area (Å²) in [7, 11) is 1.69. The standard InChI is InChI=1S/C22H27N5O2/c1-6-7-13-25-20(28)18-19(24(5)22(25)29)23-21-26(14(2)15(3)27(18)21)16(4)17-11-9-8-10-12-17/h8-12,16H,6-7,13H2,1-5H3/t16-/m0/s1. The summed E-state index contributed by atoms with van der Waals surface area (Å²) in [5.41, 5.74) is 3.50. The fraction of sp³-hybridized carbons (Fsp3) is 0.409. The third-order valence-corrected chi connectivity index (χ3v) is 5.96. The van der Waals surface area contributed by atoms with Crippen molar-refractivity contribution in [3.63, 3.8) is 0 Å². The van der Waals surface area contributed by atoms with E-state index in [4.69, 9.17) is 4.98 Å². The molecule has 0 fully saturated rings. The lowest BCUT2D eigenvalue weighted by atomic mass is 10.1. The fourth-order valence-corrected chi connectivity index (χ4v) is 4.13. The van der Waals surface area contributed by atoms with Crippen LogP contribution in [0.4, 0.5) is 0 Å². The molecular formula is C22H27N5O2. The van der Waals surface area contributed by atoms with Crippen LogP contribution in [0, 0.1) is 13.8 Å². The van der Waals surface area contributed by atoms with Crippen LogP contribution in [-0.2, 0) is 13.6 Å². The summed E-state index contributed by atoms with van der Waals surface area (Å²) >= 11 is 0. The predicted octanol–water partition coefficient (Wildman–Crippen LogP) is 3.18. The molecule has 0 radical (unpaired) electrons. The minimum absolute atomic E-state index is 0.0450. The Balaban J connectivity index is 2.07. The maximum atomic E-state index is 13.3. The third-order valence-electron chi connectivity index (χ3n) is 5.96. The maximum absolute atomic E-state index is 13.3. The van der Waals surface area contributed by atoms with E-state index in [9.17, 15) is 9.59 Å². The van der Waals surface area contributed by atoms with Crippen molar-refractivity contribution >= 4 is 16.9 Å². The molecule has 7 nitrogen and oxygen atoms in total. The van der Waals surface area contributed by atoms with Crippen LogP contribution in [0.1, 0.15) is 49.7 Å². The van der Waals surface area contributed by atoms with Gasteiger partial charge in [-0.25, -0.2) is 4.79 Å². The average molecular weight is 393 g/mol. The summed E-state index contributed by atoms with van der Waals surface area (Å²) in [6.45, 7) is 8.64. The average Bonchev–Trinajstić information content (AvgIpc) is 3.22. The van der Waals surface area contributed by atoms with Gasteiger partial charge >= 0.3 is 5.69 Å². The molecule has 0 N–H and O–H groups in total. The number of aryl methyl sites for hydroxylation is 2. The van der Waals surface area contributed by atoms with Crippen molar-refractivity contribution in [3.8, 4) is 0 Å². The number of hydrogen-bond donors (Lipinski definition) is 0. The van der Waals surface area contributed by atoms with Crippen molar-refractivity contribution in [2.24, 2.45) is 7.05 Å². The van der Waals surface area contributed by atoms with Crippen molar-refractivity contribution in [1.82, 2.24) is 23.1 Å². The Morgan fingerprint density at radius 3 is 2.41 bits per heavy atom. The Labute approximate surface area is 168 Å². The second kappa shape index (κ2) is 7.06. The summed E-state index contributed by atoms with van der Waals surface area (Å²) in [6, 6.07) is 10.3. The quantitative estimate of drug-likeness (QED) is 0.523. The van der Waals surface area contributed by atoms with Gasteiger partial charge in [-0.15, -0.1) is 0 Å². The SMILES string of the molecule is CCCCn1c(=O)c2c(nc3n([C@@H](C)c4ccccc4)c(C)c(C)n23)n(C)c1=O. The Morgan fingerprint density at radius 1 is 1.07 bits per heavy atom. The van der Waals surface area contributed by atoms with Crippen LogP contribution in [0.2, 0.25) is 0 Å². The van der Waals surface area contributed by atoms with Gasteiger partial charge in [0.15, 0.2) is 11.2 Å². The second-order valence-electron chi connectivity index (χ2n) is 7.70. The lowest BCUT2D eigenvalue weighted by Gasteiger charge is -2.16. The van der Waals surface area contributed by atoms with Gasteiger partial charge in [0.05, 0.1) is 6.04 Å². The topological polar surface area (TPSA) is 66.2 Å². The van der Waals surface area contributed by atoms with Crippen molar-refractivity contribution in [2.75, 3.05) is 0 Å². The molecule has 3 aromatic heterocycles. The van der Waals surface area contributed by atoms with Crippen LogP contribution in [0.25, 0.3) is 16.9 Å². The van der Waals surface area contributed by atoms with E-state index in [-0.39, 0.29) is 17.3 Å². The third kappa shape index (κ3) is 2.75. The van der Waals surface area contributed by atoms with Crippen LogP contribution in [0.3, 0.4) is 0 Å². The summed E-state index contributed by atoms with van der Waals surface area (Å²) in [5.74, 6) is 0.687. The number of aromatic nitrogens is 5. The first-order chi connectivity index (χ1) is 13.9. The van der Waals surface area contributed by atoms with Crippen LogP contribution in [-0.4, -0.2) is 23.1 Å². The predicted molar refractivity (Wildman–Crippen MR) is 115 cm³/mol. The smallest absolute Gasteiger partial charge is 0.307 e. The number of benzene rings is 1. The molecule has 0 bridgehead atoms. The van der Waals surface area contributed by atoms with Gasteiger partial charge in [0.25, 0.3) is 5.56 Å². The highest BCUT2D eigenvalue weighted by Gasteiger charge is 2.24. The summed E-state index contributed by atoms with van der Waals surface area (Å²) in [5, 5.41) is 0. The molecule has 4 aromatic rings. The van der Waals surface area contributed by atoms with Crippen LogP contribution in [0.5, 0.6) is 0 Å². The first-order valence-electron chi connectivity index (χ1n) is 10.1. The second-order valence-corrected chi connectivity index (χ2v) is 7.70. The van der Waals surface area contributed by atoms with Gasteiger partial charge in [0.2, 0.25) is 5.78 Å². The van der Waals surface area contributed by atoms with Gasteiger partial charge < -0.3 is 4.57 Å². The zero-order valence-corrected chi connectivity index (χ0v) is 17.6.